The van der Waals surface area contributed by atoms with Crippen molar-refractivity contribution in [3.63, 3.8) is 0 Å². The number of likely N-dealkylation sites (tertiary alicyclic amines) is 1. The molecule has 7 nitrogen and oxygen atoms in total. The number of ether oxygens (including phenoxy) is 1. The number of methoxy groups -OCH3 is 1. The summed E-state index contributed by atoms with van der Waals surface area (Å²) in [5, 5.41) is 18.5. The topological polar surface area (TPSA) is 90.3 Å². The van der Waals surface area contributed by atoms with Crippen LogP contribution in [0.4, 0.5) is 4.79 Å². The smallest absolute Gasteiger partial charge is 0.329 e. The maximum Gasteiger partial charge on any atom is 0.329 e. The van der Waals surface area contributed by atoms with E-state index in [1.165, 1.54) is 16.9 Å². The molecule has 0 radical (unpaired) electrons. The third-order valence-electron chi connectivity index (χ3n) is 3.79. The van der Waals surface area contributed by atoms with E-state index in [0.717, 1.165) is 12.8 Å². The molecule has 1 saturated heterocycles. The van der Waals surface area contributed by atoms with E-state index in [0.29, 0.717) is 26.1 Å². The number of urea groups is 1. The number of nitrogens with zero attached hydrogens (tertiary/aromatic N) is 2. The first-order valence-electron chi connectivity index (χ1n) is 6.87. The maximum atomic E-state index is 12.5. The van der Waals surface area contributed by atoms with Gasteiger partial charge in [0.15, 0.2) is 0 Å². The zero-order valence-corrected chi connectivity index (χ0v) is 12.2. The first-order valence-corrected chi connectivity index (χ1v) is 6.87. The molecule has 0 saturated carbocycles. The molecule has 116 valence electrons. The van der Waals surface area contributed by atoms with Crippen LogP contribution in [0.3, 0.4) is 0 Å². The van der Waals surface area contributed by atoms with Crippen LogP contribution in [0.25, 0.3) is 0 Å². The second-order valence-corrected chi connectivity index (χ2v) is 5.17. The van der Waals surface area contributed by atoms with Crippen molar-refractivity contribution >= 4 is 12.0 Å². The van der Waals surface area contributed by atoms with Gasteiger partial charge in [0.05, 0.1) is 13.2 Å². The quantitative estimate of drug-likeness (QED) is 0.737. The van der Waals surface area contributed by atoms with Crippen molar-refractivity contribution in [2.24, 2.45) is 0 Å². The van der Waals surface area contributed by atoms with Crippen molar-refractivity contribution in [1.82, 2.24) is 9.80 Å². The molecule has 1 atom stereocenters. The van der Waals surface area contributed by atoms with Gasteiger partial charge < -0.3 is 24.7 Å². The van der Waals surface area contributed by atoms with Gasteiger partial charge >= 0.3 is 12.0 Å². The van der Waals surface area contributed by atoms with E-state index in [1.807, 2.05) is 0 Å². The van der Waals surface area contributed by atoms with Crippen LogP contribution in [0.5, 0.6) is 0 Å². The van der Waals surface area contributed by atoms with Gasteiger partial charge in [-0.3, -0.25) is 0 Å². The number of aliphatic hydroxyl groups is 1. The molecular weight excluding hydrogens is 264 g/mol. The molecule has 1 rings (SSSR count). The molecule has 1 unspecified atom stereocenters. The summed E-state index contributed by atoms with van der Waals surface area (Å²) in [6.07, 6.45) is 2.04. The first kappa shape index (κ1) is 16.7. The zero-order valence-electron chi connectivity index (χ0n) is 12.2. The van der Waals surface area contributed by atoms with Gasteiger partial charge in [0.1, 0.15) is 5.54 Å². The molecule has 2 amide bonds. The summed E-state index contributed by atoms with van der Waals surface area (Å²) in [5.74, 6) is -0.985. The number of amides is 2. The molecule has 0 aromatic carbocycles. The van der Waals surface area contributed by atoms with Crippen LogP contribution in [0.15, 0.2) is 0 Å². The average Bonchev–Trinajstić information content (AvgIpc) is 2.43. The largest absolute Gasteiger partial charge is 0.480 e. The Labute approximate surface area is 119 Å². The summed E-state index contributed by atoms with van der Waals surface area (Å²) in [4.78, 5) is 26.9. The first-order chi connectivity index (χ1) is 9.47. The lowest BCUT2D eigenvalue weighted by Crippen LogP contribution is -2.61. The summed E-state index contributed by atoms with van der Waals surface area (Å²) in [6, 6.07) is -0.347. The van der Waals surface area contributed by atoms with E-state index in [1.54, 1.807) is 6.92 Å². The third-order valence-corrected chi connectivity index (χ3v) is 3.79. The van der Waals surface area contributed by atoms with Gasteiger partial charge in [-0.25, -0.2) is 9.59 Å². The summed E-state index contributed by atoms with van der Waals surface area (Å²) in [5.41, 5.74) is -1.17. The van der Waals surface area contributed by atoms with Gasteiger partial charge in [-0.05, 0) is 26.2 Å². The van der Waals surface area contributed by atoms with Crippen LogP contribution in [-0.4, -0.2) is 77.5 Å². The molecule has 0 bridgehead atoms. The minimum atomic E-state index is -1.17. The van der Waals surface area contributed by atoms with Crippen molar-refractivity contribution in [2.75, 3.05) is 40.0 Å². The summed E-state index contributed by atoms with van der Waals surface area (Å²) in [7, 11) is 1.53. The Morgan fingerprint density at radius 3 is 2.60 bits per heavy atom. The van der Waals surface area contributed by atoms with Gasteiger partial charge in [-0.2, -0.15) is 0 Å². The molecule has 7 heteroatoms. The Morgan fingerprint density at radius 2 is 2.05 bits per heavy atom. The molecule has 0 aliphatic carbocycles. The predicted molar refractivity (Wildman–Crippen MR) is 72.5 cm³/mol. The number of aliphatic carboxylic acids is 1. The molecule has 20 heavy (non-hydrogen) atoms. The van der Waals surface area contributed by atoms with Crippen LogP contribution < -0.4 is 0 Å². The van der Waals surface area contributed by atoms with Crippen molar-refractivity contribution < 1.29 is 24.5 Å². The van der Waals surface area contributed by atoms with Gasteiger partial charge in [0.2, 0.25) is 0 Å². The molecular formula is C13H24N2O5. The number of carboxylic acid groups (broad SMARTS) is 1. The second kappa shape index (κ2) is 7.44. The number of carboxylic acids is 1. The predicted octanol–water partition coefficient (Wildman–Crippen LogP) is 0.376. The third kappa shape index (κ3) is 3.61. The second-order valence-electron chi connectivity index (χ2n) is 5.17. The molecule has 1 aliphatic heterocycles. The number of aliphatic hydroxyl groups excluding tert-OH is 1. The number of hydrogen-bond acceptors (Lipinski definition) is 4. The van der Waals surface area contributed by atoms with Crippen LogP contribution in [0, 0.1) is 0 Å². The minimum absolute atomic E-state index is 0.160. The number of carbonyl (C=O) groups excluding carboxylic acids is 1. The molecule has 1 heterocycles. The Bertz CT molecular complexity index is 350. The lowest BCUT2D eigenvalue weighted by molar-refractivity contribution is -0.150. The van der Waals surface area contributed by atoms with E-state index in [9.17, 15) is 14.7 Å². The van der Waals surface area contributed by atoms with Gasteiger partial charge in [-0.1, -0.05) is 0 Å². The van der Waals surface area contributed by atoms with Crippen molar-refractivity contribution in [3.05, 3.63) is 0 Å². The summed E-state index contributed by atoms with van der Waals surface area (Å²) < 4.78 is 4.95. The fraction of sp³-hybridized carbons (Fsp3) is 0.846. The van der Waals surface area contributed by atoms with Crippen LogP contribution in [-0.2, 0) is 9.53 Å². The number of hydrogen-bond donors (Lipinski definition) is 2. The molecule has 1 fully saturated rings. The average molecular weight is 288 g/mol. The van der Waals surface area contributed by atoms with Gasteiger partial charge in [0.25, 0.3) is 0 Å². The van der Waals surface area contributed by atoms with E-state index < -0.39 is 11.5 Å². The Morgan fingerprint density at radius 1 is 1.35 bits per heavy atom. The molecule has 0 aromatic rings. The summed E-state index contributed by atoms with van der Waals surface area (Å²) in [6.45, 7) is 2.71. The fourth-order valence-electron chi connectivity index (χ4n) is 2.45. The van der Waals surface area contributed by atoms with E-state index in [-0.39, 0.29) is 19.2 Å². The van der Waals surface area contributed by atoms with Crippen molar-refractivity contribution in [2.45, 2.75) is 31.7 Å². The summed E-state index contributed by atoms with van der Waals surface area (Å²) >= 11 is 0. The van der Waals surface area contributed by atoms with Gasteiger partial charge in [-0.15, -0.1) is 0 Å². The number of piperidine rings is 1. The van der Waals surface area contributed by atoms with Crippen LogP contribution >= 0.6 is 0 Å². The molecule has 0 aromatic heterocycles. The Balaban J connectivity index is 2.86. The maximum absolute atomic E-state index is 12.5. The van der Waals surface area contributed by atoms with Crippen molar-refractivity contribution in [1.29, 1.82) is 0 Å². The highest BCUT2D eigenvalue weighted by Gasteiger charge is 2.45. The monoisotopic (exact) mass is 288 g/mol. The Hall–Kier alpha value is -1.34. The highest BCUT2D eigenvalue weighted by atomic mass is 16.5. The lowest BCUT2D eigenvalue weighted by Gasteiger charge is -2.43. The van der Waals surface area contributed by atoms with Crippen LogP contribution in [0.2, 0.25) is 0 Å². The SMILES string of the molecule is COCCN(CCO)C(=O)N1CCCCC1(C)C(=O)O. The normalized spacial score (nSPS) is 22.6. The van der Waals surface area contributed by atoms with E-state index >= 15 is 0 Å². The Kier molecular flexibility index (Phi) is 6.22. The fourth-order valence-corrected chi connectivity index (χ4v) is 2.45. The lowest BCUT2D eigenvalue weighted by atomic mass is 9.89. The number of rotatable bonds is 6. The standard InChI is InChI=1S/C13H24N2O5/c1-13(11(17)18)5-3-4-6-15(13)12(19)14(7-9-16)8-10-20-2/h16H,3-10H2,1-2H3,(H,17,18). The highest BCUT2D eigenvalue weighted by molar-refractivity contribution is 5.86. The van der Waals surface area contributed by atoms with E-state index in [4.69, 9.17) is 9.84 Å². The van der Waals surface area contributed by atoms with Crippen molar-refractivity contribution in [3.8, 4) is 0 Å². The molecule has 1 aliphatic rings. The van der Waals surface area contributed by atoms with E-state index in [2.05, 4.69) is 0 Å². The number of carbonyl (C=O) groups is 2. The zero-order chi connectivity index (χ0) is 15.2. The van der Waals surface area contributed by atoms with Gasteiger partial charge in [0, 0.05) is 26.7 Å². The minimum Gasteiger partial charge on any atom is -0.480 e. The van der Waals surface area contributed by atoms with Crippen LogP contribution in [0.1, 0.15) is 26.2 Å². The molecule has 2 N–H and O–H groups in total. The highest BCUT2D eigenvalue weighted by Crippen LogP contribution is 2.29. The molecule has 0 spiro atoms.